The number of nitrogens with zero attached hydrogens (tertiary/aromatic N) is 1. The van der Waals surface area contributed by atoms with E-state index >= 15 is 0 Å². The molecule has 0 radical (unpaired) electrons. The largest absolute Gasteiger partial charge is 0.493 e. The topological polar surface area (TPSA) is 48.0 Å². The molecule has 1 aliphatic heterocycles. The smallest absolute Gasteiger partial charge is 0.254 e. The molecule has 0 N–H and O–H groups in total. The summed E-state index contributed by atoms with van der Waals surface area (Å²) >= 11 is 1.66. The first kappa shape index (κ1) is 20.7. The lowest BCUT2D eigenvalue weighted by Gasteiger charge is -2.25. The second kappa shape index (κ2) is 10.5. The maximum atomic E-state index is 13.3. The van der Waals surface area contributed by atoms with Gasteiger partial charge in [0.1, 0.15) is 0 Å². The molecule has 6 heteroatoms. The zero-order valence-electron chi connectivity index (χ0n) is 16.7. The third-order valence-corrected chi connectivity index (χ3v) is 5.69. The molecule has 0 saturated carbocycles. The minimum absolute atomic E-state index is 0.0118. The molecule has 3 rings (SSSR count). The quantitative estimate of drug-likeness (QED) is 0.537. The lowest BCUT2D eigenvalue weighted by Crippen LogP contribution is -2.36. The molecule has 1 atom stereocenters. The van der Waals surface area contributed by atoms with Crippen molar-refractivity contribution in [2.75, 3.05) is 26.9 Å². The zero-order chi connectivity index (χ0) is 19.8. The van der Waals surface area contributed by atoms with E-state index in [0.29, 0.717) is 36.8 Å². The highest BCUT2D eigenvalue weighted by Crippen LogP contribution is 2.29. The number of benzene rings is 1. The Labute approximate surface area is 171 Å². The van der Waals surface area contributed by atoms with Crippen LogP contribution in [0.4, 0.5) is 0 Å². The minimum Gasteiger partial charge on any atom is -0.493 e. The van der Waals surface area contributed by atoms with Gasteiger partial charge in [-0.2, -0.15) is 0 Å². The van der Waals surface area contributed by atoms with E-state index in [0.717, 1.165) is 37.2 Å². The van der Waals surface area contributed by atoms with Gasteiger partial charge in [0.25, 0.3) is 5.91 Å². The zero-order valence-corrected chi connectivity index (χ0v) is 17.5. The van der Waals surface area contributed by atoms with Crippen molar-refractivity contribution in [3.8, 4) is 11.5 Å². The number of rotatable bonds is 10. The maximum absolute atomic E-state index is 13.3. The molecule has 0 bridgehead atoms. The van der Waals surface area contributed by atoms with Crippen molar-refractivity contribution in [3.05, 3.63) is 46.2 Å². The van der Waals surface area contributed by atoms with Gasteiger partial charge < -0.3 is 19.1 Å². The molecule has 1 fully saturated rings. The Morgan fingerprint density at radius 2 is 2.21 bits per heavy atom. The van der Waals surface area contributed by atoms with Gasteiger partial charge in [-0.1, -0.05) is 19.4 Å². The highest BCUT2D eigenvalue weighted by Gasteiger charge is 2.24. The van der Waals surface area contributed by atoms with Gasteiger partial charge in [0, 0.05) is 23.6 Å². The summed E-state index contributed by atoms with van der Waals surface area (Å²) in [5.74, 6) is 1.26. The van der Waals surface area contributed by atoms with Crippen LogP contribution in [-0.4, -0.2) is 43.8 Å². The van der Waals surface area contributed by atoms with E-state index in [2.05, 4.69) is 13.0 Å². The third kappa shape index (κ3) is 5.49. The minimum atomic E-state index is -0.0118. The standard InChI is InChI=1S/C22H29NO4S/c1-3-4-11-27-20-10-9-17(14-21(20)25-2)22(24)23(15-18-7-5-12-26-18)16-19-8-6-13-28-19/h6,8-10,13-14,18H,3-5,7,11-12,15-16H2,1-2H3. The average molecular weight is 404 g/mol. The van der Waals surface area contributed by atoms with E-state index in [1.165, 1.54) is 0 Å². The van der Waals surface area contributed by atoms with Crippen LogP contribution in [0.1, 0.15) is 47.8 Å². The molecule has 0 spiro atoms. The molecule has 28 heavy (non-hydrogen) atoms. The lowest BCUT2D eigenvalue weighted by molar-refractivity contribution is 0.0509. The van der Waals surface area contributed by atoms with E-state index in [-0.39, 0.29) is 12.0 Å². The fourth-order valence-electron chi connectivity index (χ4n) is 3.27. The molecule has 0 aliphatic carbocycles. The summed E-state index contributed by atoms with van der Waals surface area (Å²) in [5, 5.41) is 2.04. The summed E-state index contributed by atoms with van der Waals surface area (Å²) in [4.78, 5) is 16.3. The van der Waals surface area contributed by atoms with Crippen molar-refractivity contribution in [2.24, 2.45) is 0 Å². The summed E-state index contributed by atoms with van der Waals surface area (Å²) in [5.41, 5.74) is 0.606. The second-order valence-electron chi connectivity index (χ2n) is 6.97. The molecule has 2 aromatic rings. The van der Waals surface area contributed by atoms with E-state index in [1.54, 1.807) is 24.5 Å². The number of carbonyl (C=O) groups is 1. The second-order valence-corrected chi connectivity index (χ2v) is 8.00. The van der Waals surface area contributed by atoms with E-state index in [1.807, 2.05) is 28.5 Å². The number of thiophene rings is 1. The summed E-state index contributed by atoms with van der Waals surface area (Å²) in [6, 6.07) is 9.51. The van der Waals surface area contributed by atoms with Gasteiger partial charge in [0.2, 0.25) is 0 Å². The van der Waals surface area contributed by atoms with Crippen molar-refractivity contribution in [1.82, 2.24) is 4.90 Å². The van der Waals surface area contributed by atoms with E-state index in [4.69, 9.17) is 14.2 Å². The van der Waals surface area contributed by atoms with Gasteiger partial charge in [-0.15, -0.1) is 11.3 Å². The van der Waals surface area contributed by atoms with Gasteiger partial charge >= 0.3 is 0 Å². The van der Waals surface area contributed by atoms with Crippen molar-refractivity contribution in [1.29, 1.82) is 0 Å². The monoisotopic (exact) mass is 403 g/mol. The van der Waals surface area contributed by atoms with Crippen LogP contribution in [0.2, 0.25) is 0 Å². The molecular weight excluding hydrogens is 374 g/mol. The van der Waals surface area contributed by atoms with Crippen LogP contribution in [0, 0.1) is 0 Å². The number of hydrogen-bond acceptors (Lipinski definition) is 5. The summed E-state index contributed by atoms with van der Waals surface area (Å²) in [6.45, 7) is 4.74. The SMILES string of the molecule is CCCCOc1ccc(C(=O)N(Cc2cccs2)CC2CCCO2)cc1OC. The Balaban J connectivity index is 1.76. The van der Waals surface area contributed by atoms with Gasteiger partial charge in [0.05, 0.1) is 26.4 Å². The molecular formula is C22H29NO4S. The number of ether oxygens (including phenoxy) is 3. The summed E-state index contributed by atoms with van der Waals surface area (Å²) in [6.07, 6.45) is 4.23. The van der Waals surface area contributed by atoms with Crippen LogP contribution < -0.4 is 9.47 Å². The lowest BCUT2D eigenvalue weighted by atomic mass is 10.1. The molecule has 1 unspecified atom stereocenters. The Hall–Kier alpha value is -2.05. The van der Waals surface area contributed by atoms with E-state index < -0.39 is 0 Å². The molecule has 5 nitrogen and oxygen atoms in total. The number of unbranched alkanes of at least 4 members (excludes halogenated alkanes) is 1. The van der Waals surface area contributed by atoms with Crippen molar-refractivity contribution in [3.63, 3.8) is 0 Å². The predicted molar refractivity (Wildman–Crippen MR) is 111 cm³/mol. The molecule has 152 valence electrons. The molecule has 1 aromatic carbocycles. The highest BCUT2D eigenvalue weighted by atomic mass is 32.1. The predicted octanol–water partition coefficient (Wildman–Crippen LogP) is 4.76. The van der Waals surface area contributed by atoms with Crippen molar-refractivity contribution in [2.45, 2.75) is 45.3 Å². The summed E-state index contributed by atoms with van der Waals surface area (Å²) in [7, 11) is 1.60. The normalized spacial score (nSPS) is 16.1. The van der Waals surface area contributed by atoms with Crippen molar-refractivity contribution < 1.29 is 19.0 Å². The number of carbonyl (C=O) groups excluding carboxylic acids is 1. The number of methoxy groups -OCH3 is 1. The highest BCUT2D eigenvalue weighted by molar-refractivity contribution is 7.09. The molecule has 1 aromatic heterocycles. The Bertz CT molecular complexity index is 741. The Morgan fingerprint density at radius 3 is 2.89 bits per heavy atom. The van der Waals surface area contributed by atoms with Crippen molar-refractivity contribution >= 4 is 17.2 Å². The van der Waals surface area contributed by atoms with Crippen LogP contribution in [0.3, 0.4) is 0 Å². The van der Waals surface area contributed by atoms with Crippen LogP contribution >= 0.6 is 11.3 Å². The molecule has 1 aliphatic rings. The van der Waals surface area contributed by atoms with Gasteiger partial charge in [-0.25, -0.2) is 0 Å². The van der Waals surface area contributed by atoms with Crippen LogP contribution in [0.15, 0.2) is 35.7 Å². The first-order valence-corrected chi connectivity index (χ1v) is 10.8. The fourth-order valence-corrected chi connectivity index (χ4v) is 3.99. The molecule has 1 amide bonds. The first-order chi connectivity index (χ1) is 13.7. The van der Waals surface area contributed by atoms with Gasteiger partial charge in [-0.3, -0.25) is 4.79 Å². The van der Waals surface area contributed by atoms with E-state index in [9.17, 15) is 4.79 Å². The maximum Gasteiger partial charge on any atom is 0.254 e. The number of hydrogen-bond donors (Lipinski definition) is 0. The third-order valence-electron chi connectivity index (χ3n) is 4.83. The van der Waals surface area contributed by atoms with Gasteiger partial charge in [-0.05, 0) is 48.9 Å². The first-order valence-electron chi connectivity index (χ1n) is 9.95. The fraction of sp³-hybridized carbons (Fsp3) is 0.500. The van der Waals surface area contributed by atoms with Crippen LogP contribution in [0.25, 0.3) is 0 Å². The Morgan fingerprint density at radius 1 is 1.32 bits per heavy atom. The number of amides is 1. The Kier molecular flexibility index (Phi) is 7.74. The summed E-state index contributed by atoms with van der Waals surface area (Å²) < 4.78 is 17.0. The van der Waals surface area contributed by atoms with Gasteiger partial charge in [0.15, 0.2) is 11.5 Å². The molecule has 1 saturated heterocycles. The average Bonchev–Trinajstić information content (AvgIpc) is 3.41. The van der Waals surface area contributed by atoms with Crippen LogP contribution in [-0.2, 0) is 11.3 Å². The molecule has 2 heterocycles. The van der Waals surface area contributed by atoms with Crippen LogP contribution in [0.5, 0.6) is 11.5 Å².